The Morgan fingerprint density at radius 3 is 2.39 bits per heavy atom. The Labute approximate surface area is 168 Å². The highest BCUT2D eigenvalue weighted by molar-refractivity contribution is 5.92. The van der Waals surface area contributed by atoms with E-state index >= 15 is 0 Å². The fourth-order valence-corrected chi connectivity index (χ4v) is 8.05. The second-order valence-corrected chi connectivity index (χ2v) is 10.5. The van der Waals surface area contributed by atoms with Crippen LogP contribution in [0.1, 0.15) is 79.6 Å². The smallest absolute Gasteiger partial charge is 0.303 e. The average Bonchev–Trinajstić information content (AvgIpc) is 2.90. The summed E-state index contributed by atoms with van der Waals surface area (Å²) in [5.41, 5.74) is 0.218. The molecule has 4 heteroatoms. The highest BCUT2D eigenvalue weighted by Crippen LogP contribution is 2.69. The molecule has 0 aliphatic heterocycles. The first-order valence-electron chi connectivity index (χ1n) is 11.0. The van der Waals surface area contributed by atoms with Gasteiger partial charge in [-0.05, 0) is 80.6 Å². The van der Waals surface area contributed by atoms with Crippen LogP contribution in [0.5, 0.6) is 0 Å². The first kappa shape index (κ1) is 19.8. The van der Waals surface area contributed by atoms with E-state index in [9.17, 15) is 14.4 Å². The summed E-state index contributed by atoms with van der Waals surface area (Å²) < 4.78 is 5.84. The molecule has 0 saturated heterocycles. The Hall–Kier alpha value is -1.45. The van der Waals surface area contributed by atoms with Crippen LogP contribution in [0.3, 0.4) is 0 Å². The lowest BCUT2D eigenvalue weighted by Gasteiger charge is -2.60. The number of allylic oxidation sites excluding steroid dienone is 1. The zero-order valence-electron chi connectivity index (χ0n) is 18.0. The maximum atomic E-state index is 12.8. The molecule has 0 bridgehead atoms. The molecule has 0 aromatic heterocycles. The minimum absolute atomic E-state index is 0.00469. The van der Waals surface area contributed by atoms with Gasteiger partial charge in [0.05, 0.1) is 0 Å². The molecule has 0 N–H and O–H groups in total. The van der Waals surface area contributed by atoms with E-state index in [0.29, 0.717) is 36.5 Å². The van der Waals surface area contributed by atoms with Crippen LogP contribution in [-0.2, 0) is 19.1 Å². The van der Waals surface area contributed by atoms with Gasteiger partial charge in [-0.25, -0.2) is 0 Å². The number of ketones is 2. The number of carbonyl (C=O) groups is 3. The third-order valence-corrected chi connectivity index (χ3v) is 9.29. The summed E-state index contributed by atoms with van der Waals surface area (Å²) in [6.45, 7) is 9.87. The summed E-state index contributed by atoms with van der Waals surface area (Å²) >= 11 is 0. The largest absolute Gasteiger partial charge is 0.451 e. The molecule has 0 radical (unpaired) electrons. The summed E-state index contributed by atoms with van der Waals surface area (Å²) in [6.07, 6.45) is 8.19. The molecule has 0 amide bonds. The van der Waals surface area contributed by atoms with E-state index in [1.807, 2.05) is 6.08 Å². The molecule has 4 nitrogen and oxygen atoms in total. The van der Waals surface area contributed by atoms with E-state index in [-0.39, 0.29) is 28.4 Å². The van der Waals surface area contributed by atoms with E-state index in [1.54, 1.807) is 6.92 Å². The standard InChI is InChI=1S/C24H34O4/c1-14-12-18-19(22(4)9-6-17(27)13-21(14)22)7-10-23(5)20(18)8-11-24(23,15(2)25)28-16(3)26/h13-14,18-20H,6-12H2,1-5H3/t14-,18-,19-,20+,22-,23-,24-/m1/s1. The third kappa shape index (κ3) is 2.45. The number of hydrogen-bond acceptors (Lipinski definition) is 4. The van der Waals surface area contributed by atoms with Gasteiger partial charge in [-0.15, -0.1) is 0 Å². The van der Waals surface area contributed by atoms with E-state index in [1.165, 1.54) is 12.5 Å². The quantitative estimate of drug-likeness (QED) is 0.648. The number of esters is 1. The van der Waals surface area contributed by atoms with Crippen molar-refractivity contribution in [2.24, 2.45) is 34.5 Å². The number of ether oxygens (including phenoxy) is 1. The van der Waals surface area contributed by atoms with Crippen LogP contribution >= 0.6 is 0 Å². The fraction of sp³-hybridized carbons (Fsp3) is 0.792. The molecule has 4 aliphatic carbocycles. The minimum atomic E-state index is -0.961. The second kappa shape index (κ2) is 6.27. The lowest BCUT2D eigenvalue weighted by Crippen LogP contribution is -2.59. The van der Waals surface area contributed by atoms with Crippen molar-refractivity contribution in [1.29, 1.82) is 0 Å². The Kier molecular flexibility index (Phi) is 4.45. The number of carbonyl (C=O) groups excluding carboxylic acids is 3. The third-order valence-electron chi connectivity index (χ3n) is 9.29. The Morgan fingerprint density at radius 2 is 1.75 bits per heavy atom. The summed E-state index contributed by atoms with van der Waals surface area (Å²) in [4.78, 5) is 36.8. The summed E-state index contributed by atoms with van der Waals surface area (Å²) in [5.74, 6) is 1.82. The molecule has 154 valence electrons. The number of Topliss-reactive ketones (excluding diaryl/α,β-unsaturated/α-hetero) is 1. The number of hydrogen-bond donors (Lipinski definition) is 0. The van der Waals surface area contributed by atoms with Gasteiger partial charge in [0.25, 0.3) is 0 Å². The van der Waals surface area contributed by atoms with Crippen molar-refractivity contribution in [1.82, 2.24) is 0 Å². The second-order valence-electron chi connectivity index (χ2n) is 10.5. The molecule has 0 heterocycles. The fourth-order valence-electron chi connectivity index (χ4n) is 8.05. The molecule has 0 aromatic rings. The average molecular weight is 387 g/mol. The first-order valence-corrected chi connectivity index (χ1v) is 11.0. The molecule has 3 fully saturated rings. The van der Waals surface area contributed by atoms with Crippen molar-refractivity contribution in [3.63, 3.8) is 0 Å². The Bertz CT molecular complexity index is 767. The van der Waals surface area contributed by atoms with Gasteiger partial charge < -0.3 is 4.74 Å². The van der Waals surface area contributed by atoms with Crippen molar-refractivity contribution in [2.45, 2.75) is 85.2 Å². The summed E-state index contributed by atoms with van der Waals surface area (Å²) in [7, 11) is 0. The van der Waals surface area contributed by atoms with Gasteiger partial charge in [0.1, 0.15) is 0 Å². The van der Waals surface area contributed by atoms with Gasteiger partial charge in [-0.1, -0.05) is 26.3 Å². The summed E-state index contributed by atoms with van der Waals surface area (Å²) in [5, 5.41) is 0. The van der Waals surface area contributed by atoms with Gasteiger partial charge in [-0.2, -0.15) is 0 Å². The van der Waals surface area contributed by atoms with Crippen LogP contribution < -0.4 is 0 Å². The van der Waals surface area contributed by atoms with E-state index in [2.05, 4.69) is 20.8 Å². The van der Waals surface area contributed by atoms with E-state index < -0.39 is 5.60 Å². The zero-order chi connectivity index (χ0) is 20.5. The lowest BCUT2D eigenvalue weighted by molar-refractivity contribution is -0.187. The van der Waals surface area contributed by atoms with Crippen molar-refractivity contribution < 1.29 is 19.1 Å². The predicted molar refractivity (Wildman–Crippen MR) is 106 cm³/mol. The minimum Gasteiger partial charge on any atom is -0.451 e. The molecule has 0 unspecified atom stereocenters. The zero-order valence-corrected chi connectivity index (χ0v) is 18.0. The maximum Gasteiger partial charge on any atom is 0.303 e. The normalized spacial score (nSPS) is 47.5. The van der Waals surface area contributed by atoms with Crippen molar-refractivity contribution in [3.8, 4) is 0 Å². The Balaban J connectivity index is 1.73. The number of fused-ring (bicyclic) bond motifs is 5. The van der Waals surface area contributed by atoms with Crippen molar-refractivity contribution >= 4 is 17.5 Å². The first-order chi connectivity index (χ1) is 13.0. The van der Waals surface area contributed by atoms with Crippen LogP contribution in [0, 0.1) is 34.5 Å². The number of rotatable bonds is 2. The van der Waals surface area contributed by atoms with Crippen LogP contribution in [0.2, 0.25) is 0 Å². The monoisotopic (exact) mass is 386 g/mol. The van der Waals surface area contributed by atoms with Crippen molar-refractivity contribution in [3.05, 3.63) is 11.6 Å². The molecule has 0 aromatic carbocycles. The molecular weight excluding hydrogens is 352 g/mol. The molecule has 28 heavy (non-hydrogen) atoms. The van der Waals surface area contributed by atoms with E-state index in [4.69, 9.17) is 4.74 Å². The topological polar surface area (TPSA) is 60.4 Å². The van der Waals surface area contributed by atoms with Crippen molar-refractivity contribution in [2.75, 3.05) is 0 Å². The molecule has 3 saturated carbocycles. The summed E-state index contributed by atoms with van der Waals surface area (Å²) in [6, 6.07) is 0. The molecule has 4 aliphatic rings. The predicted octanol–water partition coefficient (Wildman–Crippen LogP) is 4.66. The van der Waals surface area contributed by atoms with Crippen LogP contribution in [0.25, 0.3) is 0 Å². The van der Waals surface area contributed by atoms with Gasteiger partial charge in [0, 0.05) is 18.8 Å². The van der Waals surface area contributed by atoms with Crippen LogP contribution in [-0.4, -0.2) is 23.1 Å². The lowest BCUT2D eigenvalue weighted by atomic mass is 9.44. The highest BCUT2D eigenvalue weighted by Gasteiger charge is 2.68. The maximum absolute atomic E-state index is 12.8. The highest BCUT2D eigenvalue weighted by atomic mass is 16.6. The molecule has 4 rings (SSSR count). The van der Waals surface area contributed by atoms with Gasteiger partial charge in [0.15, 0.2) is 17.2 Å². The molecular formula is C24H34O4. The van der Waals surface area contributed by atoms with Gasteiger partial charge in [-0.3, -0.25) is 14.4 Å². The van der Waals surface area contributed by atoms with E-state index in [0.717, 1.165) is 32.1 Å². The van der Waals surface area contributed by atoms with Gasteiger partial charge >= 0.3 is 5.97 Å². The van der Waals surface area contributed by atoms with Gasteiger partial charge in [0.2, 0.25) is 0 Å². The molecule has 0 spiro atoms. The van der Waals surface area contributed by atoms with Crippen LogP contribution in [0.4, 0.5) is 0 Å². The van der Waals surface area contributed by atoms with Crippen LogP contribution in [0.15, 0.2) is 11.6 Å². The molecule has 7 atom stereocenters. The Morgan fingerprint density at radius 1 is 1.07 bits per heavy atom. The SMILES string of the molecule is CC(=O)O[C@@]1(C(C)=O)CC[C@H]2[C@@H]3C[C@@H](C)C4=CC(=O)CC[C@]4(C)[C@@H]3CC[C@]21C.